The van der Waals surface area contributed by atoms with Gasteiger partial charge in [-0.05, 0) is 30.2 Å². The van der Waals surface area contributed by atoms with E-state index in [1.54, 1.807) is 12.3 Å². The van der Waals surface area contributed by atoms with E-state index >= 15 is 0 Å². The highest BCUT2D eigenvalue weighted by Crippen LogP contribution is 2.23. The minimum atomic E-state index is -0.234. The molecule has 0 unspecified atom stereocenters. The van der Waals surface area contributed by atoms with Crippen molar-refractivity contribution in [2.24, 2.45) is 0 Å². The molecule has 0 bridgehead atoms. The van der Waals surface area contributed by atoms with E-state index < -0.39 is 0 Å². The highest BCUT2D eigenvalue weighted by molar-refractivity contribution is 6.29. The number of halogens is 2. The lowest BCUT2D eigenvalue weighted by Crippen LogP contribution is -1.92. The van der Waals surface area contributed by atoms with E-state index in [0.29, 0.717) is 10.8 Å². The van der Waals surface area contributed by atoms with Gasteiger partial charge in [0.25, 0.3) is 0 Å². The Morgan fingerprint density at radius 1 is 1.25 bits per heavy atom. The van der Waals surface area contributed by atoms with Crippen LogP contribution in [0.4, 0.5) is 4.39 Å². The minimum Gasteiger partial charge on any atom is -0.251 e. The number of aromatic nitrogens is 2. The Kier molecular flexibility index (Phi) is 3.15. The molecule has 0 spiro atoms. The highest BCUT2D eigenvalue weighted by Gasteiger charge is 2.06. The molecule has 2 aromatic rings. The van der Waals surface area contributed by atoms with Crippen molar-refractivity contribution in [3.8, 4) is 11.3 Å². The van der Waals surface area contributed by atoms with Gasteiger partial charge in [0.05, 0.1) is 18.1 Å². The molecule has 0 saturated carbocycles. The van der Waals surface area contributed by atoms with Gasteiger partial charge in [0, 0.05) is 5.56 Å². The van der Waals surface area contributed by atoms with E-state index in [0.717, 1.165) is 17.5 Å². The smallest absolute Gasteiger partial charge is 0.147 e. The van der Waals surface area contributed by atoms with Gasteiger partial charge in [0.15, 0.2) is 0 Å². The fourth-order valence-corrected chi connectivity index (χ4v) is 1.65. The van der Waals surface area contributed by atoms with Gasteiger partial charge in [0.2, 0.25) is 0 Å². The summed E-state index contributed by atoms with van der Waals surface area (Å²) < 4.78 is 13.1. The molecule has 0 aliphatic carbocycles. The summed E-state index contributed by atoms with van der Waals surface area (Å²) in [4.78, 5) is 8.13. The van der Waals surface area contributed by atoms with Crippen molar-refractivity contribution >= 4 is 11.6 Å². The predicted molar refractivity (Wildman–Crippen MR) is 61.8 cm³/mol. The minimum absolute atomic E-state index is 0.234. The van der Waals surface area contributed by atoms with Crippen molar-refractivity contribution in [1.82, 2.24) is 9.97 Å². The standard InChI is InChI=1S/C12H10ClFN2/c1-2-8-5-9(14)3-4-10(8)11-6-16-12(13)7-15-11/h3-7H,2H2,1H3. The molecule has 0 radical (unpaired) electrons. The Balaban J connectivity index is 2.51. The molecule has 0 atom stereocenters. The van der Waals surface area contributed by atoms with Crippen molar-refractivity contribution in [3.05, 3.63) is 47.1 Å². The van der Waals surface area contributed by atoms with Crippen LogP contribution in [0.2, 0.25) is 5.15 Å². The lowest BCUT2D eigenvalue weighted by atomic mass is 10.0. The summed E-state index contributed by atoms with van der Waals surface area (Å²) in [6.45, 7) is 1.97. The third-order valence-corrected chi connectivity index (χ3v) is 2.54. The van der Waals surface area contributed by atoms with Crippen LogP contribution in [-0.4, -0.2) is 9.97 Å². The first kappa shape index (κ1) is 11.0. The third kappa shape index (κ3) is 2.19. The molecule has 82 valence electrons. The van der Waals surface area contributed by atoms with Gasteiger partial charge in [-0.15, -0.1) is 0 Å². The third-order valence-electron chi connectivity index (χ3n) is 2.34. The summed E-state index contributed by atoms with van der Waals surface area (Å²) in [5.41, 5.74) is 2.52. The van der Waals surface area contributed by atoms with E-state index in [2.05, 4.69) is 9.97 Å². The second kappa shape index (κ2) is 4.58. The molecule has 4 heteroatoms. The van der Waals surface area contributed by atoms with Crippen LogP contribution in [0.25, 0.3) is 11.3 Å². The predicted octanol–water partition coefficient (Wildman–Crippen LogP) is 3.50. The number of nitrogens with zero attached hydrogens (tertiary/aromatic N) is 2. The Labute approximate surface area is 98.1 Å². The van der Waals surface area contributed by atoms with Crippen molar-refractivity contribution in [1.29, 1.82) is 0 Å². The zero-order chi connectivity index (χ0) is 11.5. The van der Waals surface area contributed by atoms with E-state index in [1.165, 1.54) is 18.3 Å². The number of aryl methyl sites for hydroxylation is 1. The quantitative estimate of drug-likeness (QED) is 0.798. The Morgan fingerprint density at radius 2 is 2.06 bits per heavy atom. The zero-order valence-corrected chi connectivity index (χ0v) is 9.50. The second-order valence-corrected chi connectivity index (χ2v) is 3.77. The normalized spacial score (nSPS) is 10.4. The van der Waals surface area contributed by atoms with Crippen molar-refractivity contribution in [3.63, 3.8) is 0 Å². The van der Waals surface area contributed by atoms with Crippen molar-refractivity contribution in [2.75, 3.05) is 0 Å². The molecule has 2 nitrogen and oxygen atoms in total. The molecule has 0 fully saturated rings. The monoisotopic (exact) mass is 236 g/mol. The molecular weight excluding hydrogens is 227 g/mol. The van der Waals surface area contributed by atoms with Crippen LogP contribution in [0.15, 0.2) is 30.6 Å². The van der Waals surface area contributed by atoms with Gasteiger partial charge >= 0.3 is 0 Å². The largest absolute Gasteiger partial charge is 0.251 e. The molecule has 0 aliphatic rings. The average molecular weight is 237 g/mol. The fraction of sp³-hybridized carbons (Fsp3) is 0.167. The first-order valence-electron chi connectivity index (χ1n) is 4.97. The average Bonchev–Trinajstić information content (AvgIpc) is 2.30. The van der Waals surface area contributed by atoms with Crippen LogP contribution in [0.5, 0.6) is 0 Å². The highest BCUT2D eigenvalue weighted by atomic mass is 35.5. The number of hydrogen-bond donors (Lipinski definition) is 0. The molecule has 0 amide bonds. The van der Waals surface area contributed by atoms with E-state index in [9.17, 15) is 4.39 Å². The molecule has 1 aromatic carbocycles. The van der Waals surface area contributed by atoms with Gasteiger partial charge in [-0.1, -0.05) is 18.5 Å². The van der Waals surface area contributed by atoms with Crippen LogP contribution in [0.3, 0.4) is 0 Å². The molecular formula is C12H10ClFN2. The molecule has 1 heterocycles. The number of rotatable bonds is 2. The van der Waals surface area contributed by atoms with Gasteiger partial charge in [-0.3, -0.25) is 4.98 Å². The van der Waals surface area contributed by atoms with E-state index in [1.807, 2.05) is 6.92 Å². The van der Waals surface area contributed by atoms with Gasteiger partial charge in [0.1, 0.15) is 11.0 Å². The Bertz CT molecular complexity index is 497. The van der Waals surface area contributed by atoms with Gasteiger partial charge < -0.3 is 0 Å². The topological polar surface area (TPSA) is 25.8 Å². The van der Waals surface area contributed by atoms with E-state index in [4.69, 9.17) is 11.6 Å². The molecule has 0 saturated heterocycles. The second-order valence-electron chi connectivity index (χ2n) is 3.38. The summed E-state index contributed by atoms with van der Waals surface area (Å²) in [5, 5.41) is 0.351. The summed E-state index contributed by atoms with van der Waals surface area (Å²) in [5.74, 6) is -0.234. The maximum atomic E-state index is 13.1. The number of benzene rings is 1. The molecule has 1 aromatic heterocycles. The lowest BCUT2D eigenvalue weighted by Gasteiger charge is -2.06. The van der Waals surface area contributed by atoms with Crippen LogP contribution >= 0.6 is 11.6 Å². The molecule has 0 N–H and O–H groups in total. The van der Waals surface area contributed by atoms with Gasteiger partial charge in [-0.25, -0.2) is 9.37 Å². The summed E-state index contributed by atoms with van der Waals surface area (Å²) >= 11 is 5.66. The summed E-state index contributed by atoms with van der Waals surface area (Å²) in [6, 6.07) is 4.66. The van der Waals surface area contributed by atoms with Crippen molar-refractivity contribution < 1.29 is 4.39 Å². The van der Waals surface area contributed by atoms with Crippen LogP contribution in [0, 0.1) is 5.82 Å². The van der Waals surface area contributed by atoms with Crippen LogP contribution < -0.4 is 0 Å². The summed E-state index contributed by atoms with van der Waals surface area (Å²) in [7, 11) is 0. The van der Waals surface area contributed by atoms with Gasteiger partial charge in [-0.2, -0.15) is 0 Å². The maximum absolute atomic E-state index is 13.1. The molecule has 16 heavy (non-hydrogen) atoms. The summed E-state index contributed by atoms with van der Waals surface area (Å²) in [6.07, 6.45) is 3.83. The Morgan fingerprint density at radius 3 is 2.69 bits per heavy atom. The van der Waals surface area contributed by atoms with Crippen LogP contribution in [-0.2, 0) is 6.42 Å². The molecule has 2 rings (SSSR count). The SMILES string of the molecule is CCc1cc(F)ccc1-c1cnc(Cl)cn1. The van der Waals surface area contributed by atoms with Crippen molar-refractivity contribution in [2.45, 2.75) is 13.3 Å². The Hall–Kier alpha value is -1.48. The maximum Gasteiger partial charge on any atom is 0.147 e. The zero-order valence-electron chi connectivity index (χ0n) is 8.74. The van der Waals surface area contributed by atoms with Crippen LogP contribution in [0.1, 0.15) is 12.5 Å². The van der Waals surface area contributed by atoms with E-state index in [-0.39, 0.29) is 5.82 Å². The first-order valence-corrected chi connectivity index (χ1v) is 5.35. The molecule has 0 aliphatic heterocycles. The number of hydrogen-bond acceptors (Lipinski definition) is 2. The fourth-order valence-electron chi connectivity index (χ4n) is 1.56. The first-order chi connectivity index (χ1) is 7.70. The lowest BCUT2D eigenvalue weighted by molar-refractivity contribution is 0.626.